The molecule has 0 aromatic carbocycles. The van der Waals surface area contributed by atoms with E-state index in [2.05, 4.69) is 19.7 Å². The van der Waals surface area contributed by atoms with E-state index in [1.54, 1.807) is 23.4 Å². The number of carbonyl (C=O) groups excluding carboxylic acids is 1. The van der Waals surface area contributed by atoms with Crippen molar-refractivity contribution in [2.24, 2.45) is 0 Å². The first-order valence-corrected chi connectivity index (χ1v) is 11.9. The topological polar surface area (TPSA) is 108 Å². The summed E-state index contributed by atoms with van der Waals surface area (Å²) >= 11 is 7.15. The van der Waals surface area contributed by atoms with Gasteiger partial charge in [-0.1, -0.05) is 11.6 Å². The lowest BCUT2D eigenvalue weighted by molar-refractivity contribution is -0.129. The van der Waals surface area contributed by atoms with Crippen molar-refractivity contribution in [3.8, 4) is 0 Å². The first-order chi connectivity index (χ1) is 14.4. The van der Waals surface area contributed by atoms with E-state index < -0.39 is 16.1 Å². The first kappa shape index (κ1) is 19.4. The Labute approximate surface area is 180 Å². The monoisotopic (exact) mass is 461 g/mol. The average molecular weight is 462 g/mol. The van der Waals surface area contributed by atoms with E-state index in [4.69, 9.17) is 11.6 Å². The van der Waals surface area contributed by atoms with Gasteiger partial charge in [0.25, 0.3) is 10.0 Å². The fourth-order valence-electron chi connectivity index (χ4n) is 3.61. The molecule has 0 aliphatic carbocycles. The maximum atomic E-state index is 12.8. The highest BCUT2D eigenvalue weighted by atomic mass is 35.5. The second kappa shape index (κ2) is 7.31. The van der Waals surface area contributed by atoms with E-state index in [0.29, 0.717) is 24.9 Å². The van der Waals surface area contributed by atoms with E-state index in [1.807, 2.05) is 12.1 Å². The van der Waals surface area contributed by atoms with Crippen LogP contribution in [-0.4, -0.2) is 46.8 Å². The average Bonchev–Trinajstić information content (AvgIpc) is 3.41. The van der Waals surface area contributed by atoms with Crippen LogP contribution in [0.5, 0.6) is 0 Å². The number of hydrogen-bond donors (Lipinski definition) is 2. The number of rotatable bonds is 5. The highest BCUT2D eigenvalue weighted by Gasteiger charge is 2.35. The number of carbonyl (C=O) groups is 1. The van der Waals surface area contributed by atoms with E-state index >= 15 is 0 Å². The zero-order chi connectivity index (χ0) is 20.9. The van der Waals surface area contributed by atoms with Gasteiger partial charge >= 0.3 is 0 Å². The molecule has 1 fully saturated rings. The van der Waals surface area contributed by atoms with Gasteiger partial charge in [-0.25, -0.2) is 13.4 Å². The lowest BCUT2D eigenvalue weighted by Gasteiger charge is -2.16. The van der Waals surface area contributed by atoms with Crippen molar-refractivity contribution in [1.82, 2.24) is 24.6 Å². The summed E-state index contributed by atoms with van der Waals surface area (Å²) in [5.74, 6) is -0.240. The van der Waals surface area contributed by atoms with E-state index in [0.717, 1.165) is 32.6 Å². The highest BCUT2D eigenvalue weighted by molar-refractivity contribution is 7.91. The summed E-state index contributed by atoms with van der Waals surface area (Å²) in [5.41, 5.74) is 1.82. The molecule has 0 bridgehead atoms. The minimum Gasteiger partial charge on any atom is -0.357 e. The van der Waals surface area contributed by atoms with Crippen LogP contribution in [0, 0.1) is 0 Å². The molecule has 1 atom stereocenters. The Morgan fingerprint density at radius 2 is 2.17 bits per heavy atom. The predicted octanol–water partition coefficient (Wildman–Crippen LogP) is 2.91. The quantitative estimate of drug-likeness (QED) is 0.444. The summed E-state index contributed by atoms with van der Waals surface area (Å²) in [6.45, 7) is 0.859. The second-order valence-electron chi connectivity index (χ2n) is 7.06. The molecule has 4 aromatic rings. The summed E-state index contributed by atoms with van der Waals surface area (Å²) in [7, 11) is -3.85. The van der Waals surface area contributed by atoms with Gasteiger partial charge in [0.15, 0.2) is 0 Å². The molecule has 5 heterocycles. The van der Waals surface area contributed by atoms with Crippen LogP contribution in [0.2, 0.25) is 5.15 Å². The normalized spacial score (nSPS) is 17.4. The molecule has 30 heavy (non-hydrogen) atoms. The molecule has 11 heteroatoms. The molecule has 1 aliphatic rings. The molecule has 154 valence electrons. The fraction of sp³-hybridized carbons (Fsp3) is 0.211. The summed E-state index contributed by atoms with van der Waals surface area (Å²) < 4.78 is 29.1. The number of aromatic amines is 1. The van der Waals surface area contributed by atoms with Gasteiger partial charge in [0, 0.05) is 51.8 Å². The van der Waals surface area contributed by atoms with Crippen molar-refractivity contribution >= 4 is 59.9 Å². The Kier molecular flexibility index (Phi) is 4.73. The van der Waals surface area contributed by atoms with Crippen LogP contribution in [0.15, 0.2) is 47.1 Å². The van der Waals surface area contributed by atoms with E-state index in [9.17, 15) is 13.2 Å². The number of fused-ring (bicyclic) bond motifs is 2. The van der Waals surface area contributed by atoms with Crippen LogP contribution in [-0.2, 0) is 21.4 Å². The molecule has 4 aromatic heterocycles. The molecule has 0 spiro atoms. The van der Waals surface area contributed by atoms with Gasteiger partial charge < -0.3 is 9.88 Å². The number of hydrogen-bond acceptors (Lipinski definition) is 6. The Morgan fingerprint density at radius 1 is 1.30 bits per heavy atom. The molecule has 5 rings (SSSR count). The van der Waals surface area contributed by atoms with Gasteiger partial charge in [-0.3, -0.25) is 9.78 Å². The number of halogens is 1. The number of thiophene rings is 1. The Hall–Kier alpha value is -2.53. The third-order valence-electron chi connectivity index (χ3n) is 5.07. The largest absolute Gasteiger partial charge is 0.357 e. The number of likely N-dealkylation sites (tertiary alicyclic amines) is 1. The third kappa shape index (κ3) is 3.45. The van der Waals surface area contributed by atoms with Crippen molar-refractivity contribution in [2.75, 3.05) is 6.54 Å². The Balaban J connectivity index is 1.32. The minimum atomic E-state index is -3.85. The summed E-state index contributed by atoms with van der Waals surface area (Å²) in [4.78, 5) is 25.8. The van der Waals surface area contributed by atoms with Crippen molar-refractivity contribution in [3.63, 3.8) is 0 Å². The number of sulfonamides is 1. The van der Waals surface area contributed by atoms with Crippen LogP contribution in [0.1, 0.15) is 12.1 Å². The molecule has 2 N–H and O–H groups in total. The molecule has 0 saturated carbocycles. The second-order valence-corrected chi connectivity index (χ2v) is 10.4. The lowest BCUT2D eigenvalue weighted by Crippen LogP contribution is -2.41. The van der Waals surface area contributed by atoms with Gasteiger partial charge in [0.05, 0.1) is 6.54 Å². The minimum absolute atomic E-state index is 0.113. The first-order valence-electron chi connectivity index (χ1n) is 9.17. The van der Waals surface area contributed by atoms with Gasteiger partial charge in [0.2, 0.25) is 5.91 Å². The molecule has 1 saturated heterocycles. The number of nitrogens with zero attached hydrogens (tertiary/aromatic N) is 3. The SMILES string of the molecule is O=C1[C@@H](NS(=O)(=O)c2cc3c(Cl)nccc3s2)CCN1Cc1cc2cnccc2[nH]1. The van der Waals surface area contributed by atoms with Crippen molar-refractivity contribution in [1.29, 1.82) is 0 Å². The van der Waals surface area contributed by atoms with Gasteiger partial charge in [-0.2, -0.15) is 4.72 Å². The number of aromatic nitrogens is 3. The van der Waals surface area contributed by atoms with Crippen LogP contribution in [0.25, 0.3) is 21.0 Å². The Bertz CT molecular complexity index is 1350. The standard InChI is InChI=1S/C19H16ClN5O3S2/c20-18-13-8-17(29-16(13)2-5-22-18)30(27,28)24-15-3-6-25(19(15)26)10-12-7-11-9-21-4-1-14(11)23-12/h1-2,4-5,7-9,15,23-24H,3,6,10H2/t15-/m0/s1. The fourth-order valence-corrected chi connectivity index (χ4v) is 6.50. The molecule has 8 nitrogen and oxygen atoms in total. The zero-order valence-electron chi connectivity index (χ0n) is 15.5. The number of H-pyrrole nitrogens is 1. The highest BCUT2D eigenvalue weighted by Crippen LogP contribution is 2.32. The van der Waals surface area contributed by atoms with Gasteiger partial charge in [0.1, 0.15) is 15.4 Å². The lowest BCUT2D eigenvalue weighted by atomic mass is 10.3. The van der Waals surface area contributed by atoms with Crippen molar-refractivity contribution in [2.45, 2.75) is 23.2 Å². The molecular weight excluding hydrogens is 446 g/mol. The molecule has 0 unspecified atom stereocenters. The molecule has 1 amide bonds. The molecular formula is C19H16ClN5O3S2. The number of pyridine rings is 2. The van der Waals surface area contributed by atoms with Crippen LogP contribution >= 0.6 is 22.9 Å². The van der Waals surface area contributed by atoms with Crippen molar-refractivity contribution in [3.05, 3.63) is 53.7 Å². The van der Waals surface area contributed by atoms with Gasteiger partial charge in [-0.05, 0) is 30.7 Å². The Morgan fingerprint density at radius 3 is 2.97 bits per heavy atom. The number of amides is 1. The van der Waals surface area contributed by atoms with Gasteiger partial charge in [-0.15, -0.1) is 11.3 Å². The van der Waals surface area contributed by atoms with Crippen LogP contribution in [0.4, 0.5) is 0 Å². The van der Waals surface area contributed by atoms with Crippen molar-refractivity contribution < 1.29 is 13.2 Å². The smallest absolute Gasteiger partial charge is 0.250 e. The van der Waals surface area contributed by atoms with E-state index in [1.165, 1.54) is 12.3 Å². The summed E-state index contributed by atoms with van der Waals surface area (Å²) in [6.07, 6.45) is 5.40. The summed E-state index contributed by atoms with van der Waals surface area (Å²) in [5, 5.41) is 1.80. The number of nitrogens with one attached hydrogen (secondary N) is 2. The van der Waals surface area contributed by atoms with Crippen LogP contribution < -0.4 is 4.72 Å². The maximum absolute atomic E-state index is 12.8. The van der Waals surface area contributed by atoms with Crippen LogP contribution in [0.3, 0.4) is 0 Å². The third-order valence-corrected chi connectivity index (χ3v) is 8.42. The summed E-state index contributed by atoms with van der Waals surface area (Å²) in [6, 6.07) is 6.23. The molecule has 1 aliphatic heterocycles. The maximum Gasteiger partial charge on any atom is 0.250 e. The zero-order valence-corrected chi connectivity index (χ0v) is 17.9. The van der Waals surface area contributed by atoms with E-state index in [-0.39, 0.29) is 15.3 Å². The predicted molar refractivity (Wildman–Crippen MR) is 115 cm³/mol. The molecule has 0 radical (unpaired) electrons.